The summed E-state index contributed by atoms with van der Waals surface area (Å²) in [7, 11) is 0. The number of anilines is 1. The zero-order valence-corrected chi connectivity index (χ0v) is 17.7. The van der Waals surface area contributed by atoms with E-state index in [4.69, 9.17) is 9.47 Å². The second-order valence-corrected chi connectivity index (χ2v) is 7.83. The van der Waals surface area contributed by atoms with E-state index in [1.807, 2.05) is 36.4 Å². The highest BCUT2D eigenvalue weighted by atomic mass is 19.1. The third kappa shape index (κ3) is 6.72. The van der Waals surface area contributed by atoms with Gasteiger partial charge < -0.3 is 19.7 Å². The van der Waals surface area contributed by atoms with Gasteiger partial charge in [0, 0.05) is 18.8 Å². The molecule has 0 bridgehead atoms. The fraction of sp³-hybridized carbons (Fsp3) is 0.308. The van der Waals surface area contributed by atoms with Crippen LogP contribution in [-0.2, 0) is 6.54 Å². The predicted molar refractivity (Wildman–Crippen MR) is 122 cm³/mol. The molecule has 0 aromatic heterocycles. The summed E-state index contributed by atoms with van der Waals surface area (Å²) >= 11 is 0. The number of likely N-dealkylation sites (tertiary alicyclic amines) is 1. The second-order valence-electron chi connectivity index (χ2n) is 7.83. The highest BCUT2D eigenvalue weighted by molar-refractivity contribution is 5.47. The van der Waals surface area contributed by atoms with Crippen molar-refractivity contribution in [3.63, 3.8) is 0 Å². The molecule has 0 amide bonds. The van der Waals surface area contributed by atoms with Crippen LogP contribution in [0.3, 0.4) is 0 Å². The topological polar surface area (TPSA) is 33.7 Å². The van der Waals surface area contributed by atoms with Crippen molar-refractivity contribution in [2.45, 2.75) is 25.8 Å². The van der Waals surface area contributed by atoms with Gasteiger partial charge in [-0.1, -0.05) is 12.1 Å². The Balaban J connectivity index is 1.18. The minimum atomic E-state index is -0.274. The third-order valence-electron chi connectivity index (χ3n) is 5.41. The third-order valence-corrected chi connectivity index (χ3v) is 5.41. The first-order valence-electron chi connectivity index (χ1n) is 11.0. The molecule has 5 heteroatoms. The normalized spacial score (nSPS) is 13.8. The monoisotopic (exact) mass is 420 g/mol. The number of hydrogen-bond donors (Lipinski definition) is 1. The number of benzene rings is 3. The molecule has 0 radical (unpaired) electrons. The van der Waals surface area contributed by atoms with Crippen LogP contribution in [0.5, 0.6) is 17.2 Å². The Kier molecular flexibility index (Phi) is 7.40. The summed E-state index contributed by atoms with van der Waals surface area (Å²) in [5, 5.41) is 3.41. The number of nitrogens with one attached hydrogen (secondary N) is 1. The summed E-state index contributed by atoms with van der Waals surface area (Å²) in [5.41, 5.74) is 2.20. The number of halogens is 1. The van der Waals surface area contributed by atoms with Gasteiger partial charge in [0.2, 0.25) is 0 Å². The van der Waals surface area contributed by atoms with E-state index in [9.17, 15) is 4.39 Å². The van der Waals surface area contributed by atoms with Crippen molar-refractivity contribution < 1.29 is 13.9 Å². The number of nitrogens with zero attached hydrogens (tertiary/aromatic N) is 1. The maximum absolute atomic E-state index is 13.0. The van der Waals surface area contributed by atoms with Crippen molar-refractivity contribution >= 4 is 5.69 Å². The molecule has 0 saturated carbocycles. The van der Waals surface area contributed by atoms with E-state index in [1.165, 1.54) is 43.6 Å². The van der Waals surface area contributed by atoms with Gasteiger partial charge in [-0.3, -0.25) is 0 Å². The molecule has 1 heterocycles. The molecule has 1 N–H and O–H groups in total. The van der Waals surface area contributed by atoms with E-state index in [0.717, 1.165) is 37.6 Å². The average Bonchev–Trinajstić information content (AvgIpc) is 3.32. The summed E-state index contributed by atoms with van der Waals surface area (Å²) in [6, 6.07) is 22.0. The summed E-state index contributed by atoms with van der Waals surface area (Å²) in [6.07, 6.45) is 3.75. The second kappa shape index (κ2) is 10.8. The molecule has 0 atom stereocenters. The van der Waals surface area contributed by atoms with Crippen molar-refractivity contribution in [2.24, 2.45) is 0 Å². The Morgan fingerprint density at radius 1 is 0.774 bits per heavy atom. The van der Waals surface area contributed by atoms with E-state index in [2.05, 4.69) is 22.3 Å². The molecule has 162 valence electrons. The van der Waals surface area contributed by atoms with Crippen LogP contribution in [0.4, 0.5) is 10.1 Å². The maximum atomic E-state index is 13.0. The van der Waals surface area contributed by atoms with Crippen molar-refractivity contribution in [3.05, 3.63) is 84.2 Å². The van der Waals surface area contributed by atoms with Gasteiger partial charge in [0.15, 0.2) is 0 Å². The van der Waals surface area contributed by atoms with Gasteiger partial charge in [-0.05, 0) is 98.6 Å². The van der Waals surface area contributed by atoms with Gasteiger partial charge in [-0.15, -0.1) is 0 Å². The molecule has 1 aliphatic heterocycles. The molecule has 3 aromatic rings. The molecule has 31 heavy (non-hydrogen) atoms. The minimum absolute atomic E-state index is 0.274. The average molecular weight is 421 g/mol. The lowest BCUT2D eigenvalue weighted by atomic mass is 10.2. The summed E-state index contributed by atoms with van der Waals surface area (Å²) in [4.78, 5) is 2.51. The van der Waals surface area contributed by atoms with Crippen molar-refractivity contribution in [1.29, 1.82) is 0 Å². The Bertz CT molecular complexity index is 921. The lowest BCUT2D eigenvalue weighted by molar-refractivity contribution is 0.263. The van der Waals surface area contributed by atoms with Crippen LogP contribution in [-0.4, -0.2) is 31.1 Å². The Labute approximate surface area is 183 Å². The van der Waals surface area contributed by atoms with Gasteiger partial charge in [0.25, 0.3) is 0 Å². The number of hydrogen-bond acceptors (Lipinski definition) is 4. The van der Waals surface area contributed by atoms with Gasteiger partial charge in [0.05, 0.1) is 6.61 Å². The largest absolute Gasteiger partial charge is 0.494 e. The Morgan fingerprint density at radius 3 is 2.06 bits per heavy atom. The highest BCUT2D eigenvalue weighted by Gasteiger charge is 2.10. The number of rotatable bonds is 10. The van der Waals surface area contributed by atoms with Crippen LogP contribution in [0.1, 0.15) is 24.8 Å². The quantitative estimate of drug-likeness (QED) is 0.402. The fourth-order valence-electron chi connectivity index (χ4n) is 3.67. The first kappa shape index (κ1) is 21.2. The molecular weight excluding hydrogens is 391 g/mol. The van der Waals surface area contributed by atoms with E-state index in [1.54, 1.807) is 12.1 Å². The van der Waals surface area contributed by atoms with Crippen LogP contribution in [0, 0.1) is 5.82 Å². The molecule has 4 rings (SSSR count). The summed E-state index contributed by atoms with van der Waals surface area (Å²) in [6.45, 7) is 5.11. The van der Waals surface area contributed by atoms with Crippen molar-refractivity contribution in [1.82, 2.24) is 4.90 Å². The van der Waals surface area contributed by atoms with Gasteiger partial charge in [-0.25, -0.2) is 4.39 Å². The molecule has 3 aromatic carbocycles. The van der Waals surface area contributed by atoms with Gasteiger partial charge in [0.1, 0.15) is 23.1 Å². The molecule has 0 spiro atoms. The Hall–Kier alpha value is -3.05. The lowest BCUT2D eigenvalue weighted by Gasteiger charge is -2.14. The molecule has 0 unspecified atom stereocenters. The van der Waals surface area contributed by atoms with E-state index < -0.39 is 0 Å². The Morgan fingerprint density at radius 2 is 1.39 bits per heavy atom. The number of ether oxygens (including phenoxy) is 2. The molecule has 1 aliphatic rings. The van der Waals surface area contributed by atoms with Crippen LogP contribution in [0.25, 0.3) is 0 Å². The molecular formula is C26H29FN2O2. The molecule has 1 saturated heterocycles. The van der Waals surface area contributed by atoms with Crippen LogP contribution < -0.4 is 14.8 Å². The summed E-state index contributed by atoms with van der Waals surface area (Å²) in [5.74, 6) is 1.97. The zero-order chi connectivity index (χ0) is 21.3. The van der Waals surface area contributed by atoms with Crippen LogP contribution in [0.15, 0.2) is 72.8 Å². The molecule has 0 aliphatic carbocycles. The first-order valence-corrected chi connectivity index (χ1v) is 11.0. The van der Waals surface area contributed by atoms with Crippen LogP contribution >= 0.6 is 0 Å². The summed E-state index contributed by atoms with van der Waals surface area (Å²) < 4.78 is 24.6. The lowest BCUT2D eigenvalue weighted by Crippen LogP contribution is -2.21. The predicted octanol–water partition coefficient (Wildman–Crippen LogP) is 6.09. The standard InChI is InChI=1S/C26H29FN2O2/c27-22-6-12-25(13-7-22)31-26-14-8-23(9-15-26)28-20-21-4-10-24(11-5-21)30-19-3-18-29-16-1-2-17-29/h4-15,28H,1-3,16-20H2. The zero-order valence-electron chi connectivity index (χ0n) is 17.7. The first-order chi connectivity index (χ1) is 15.2. The van der Waals surface area contributed by atoms with Gasteiger partial charge >= 0.3 is 0 Å². The van der Waals surface area contributed by atoms with Crippen molar-refractivity contribution in [3.8, 4) is 17.2 Å². The fourth-order valence-corrected chi connectivity index (χ4v) is 3.67. The van der Waals surface area contributed by atoms with E-state index in [-0.39, 0.29) is 5.82 Å². The smallest absolute Gasteiger partial charge is 0.127 e. The molecule has 4 nitrogen and oxygen atoms in total. The van der Waals surface area contributed by atoms with E-state index in [0.29, 0.717) is 11.5 Å². The maximum Gasteiger partial charge on any atom is 0.127 e. The highest BCUT2D eigenvalue weighted by Crippen LogP contribution is 2.23. The van der Waals surface area contributed by atoms with Gasteiger partial charge in [-0.2, -0.15) is 0 Å². The van der Waals surface area contributed by atoms with E-state index >= 15 is 0 Å². The van der Waals surface area contributed by atoms with Crippen LogP contribution in [0.2, 0.25) is 0 Å². The minimum Gasteiger partial charge on any atom is -0.494 e. The molecule has 1 fully saturated rings. The van der Waals surface area contributed by atoms with Crippen molar-refractivity contribution in [2.75, 3.05) is 31.6 Å². The SMILES string of the molecule is Fc1ccc(Oc2ccc(NCc3ccc(OCCCN4CCCC4)cc3)cc2)cc1.